The molecule has 80 valence electrons. The second-order valence-corrected chi connectivity index (χ2v) is 7.53. The van der Waals surface area contributed by atoms with E-state index in [2.05, 4.69) is 33.3 Å². The number of hydrogen-bond donors (Lipinski definition) is 0. The molecule has 3 atom stereocenters. The van der Waals surface area contributed by atoms with Gasteiger partial charge in [0.15, 0.2) is 9.84 Å². The van der Waals surface area contributed by atoms with E-state index in [-0.39, 0.29) is 11.3 Å². The van der Waals surface area contributed by atoms with Crippen LogP contribution in [0.4, 0.5) is 0 Å². The number of rotatable bonds is 1. The van der Waals surface area contributed by atoms with Crippen molar-refractivity contribution in [2.24, 2.45) is 5.92 Å². The topological polar surface area (TPSA) is 34.1 Å². The summed E-state index contributed by atoms with van der Waals surface area (Å²) in [5.41, 5.74) is 0. The molecule has 0 aromatic rings. The van der Waals surface area contributed by atoms with Crippen LogP contribution in [0.3, 0.4) is 0 Å². The molecule has 0 unspecified atom stereocenters. The highest BCUT2D eigenvalue weighted by Gasteiger charge is 2.54. The Balaban J connectivity index is 2.33. The molecule has 1 saturated heterocycles. The van der Waals surface area contributed by atoms with Gasteiger partial charge in [-0.05, 0) is 18.4 Å². The van der Waals surface area contributed by atoms with Crippen molar-refractivity contribution in [1.29, 1.82) is 0 Å². The summed E-state index contributed by atoms with van der Waals surface area (Å²) >= 11 is 0. The van der Waals surface area contributed by atoms with E-state index >= 15 is 0 Å². The third-order valence-electron chi connectivity index (χ3n) is 3.33. The SMILES string of the molecule is C[N+](C)(C)[C@@H]1C=CC[C@H]2CS(=O)(=O)[C@@H]21. The van der Waals surface area contributed by atoms with Crippen LogP contribution in [-0.4, -0.2) is 51.1 Å². The summed E-state index contributed by atoms with van der Waals surface area (Å²) in [5.74, 6) is 0.783. The molecule has 4 heteroatoms. The fraction of sp³-hybridized carbons (Fsp3) is 0.800. The minimum Gasteiger partial charge on any atom is -0.324 e. The monoisotopic (exact) mass is 216 g/mol. The number of sulfone groups is 1. The van der Waals surface area contributed by atoms with Crippen molar-refractivity contribution in [2.75, 3.05) is 26.9 Å². The molecule has 0 saturated carbocycles. The second kappa shape index (κ2) is 2.83. The van der Waals surface area contributed by atoms with Crippen LogP contribution in [0, 0.1) is 5.92 Å². The smallest absolute Gasteiger partial charge is 0.159 e. The molecule has 0 spiro atoms. The van der Waals surface area contributed by atoms with Crippen LogP contribution in [0.2, 0.25) is 0 Å². The summed E-state index contributed by atoms with van der Waals surface area (Å²) < 4.78 is 24.0. The van der Waals surface area contributed by atoms with Crippen molar-refractivity contribution in [1.82, 2.24) is 0 Å². The van der Waals surface area contributed by atoms with Gasteiger partial charge in [-0.1, -0.05) is 6.08 Å². The quantitative estimate of drug-likeness (QED) is 0.471. The Bertz CT molecular complexity index is 364. The van der Waals surface area contributed by atoms with Crippen molar-refractivity contribution >= 4 is 9.84 Å². The van der Waals surface area contributed by atoms with Gasteiger partial charge in [-0.3, -0.25) is 0 Å². The van der Waals surface area contributed by atoms with Crippen LogP contribution in [0.25, 0.3) is 0 Å². The van der Waals surface area contributed by atoms with Gasteiger partial charge in [0.25, 0.3) is 0 Å². The third-order valence-corrected chi connectivity index (χ3v) is 5.71. The molecule has 0 amide bonds. The average molecular weight is 216 g/mol. The zero-order valence-electron chi connectivity index (χ0n) is 8.97. The van der Waals surface area contributed by atoms with Gasteiger partial charge < -0.3 is 4.48 Å². The standard InChI is InChI=1S/C10H18NO2S/c1-11(2,3)9-6-4-5-8-7-14(12,13)10(8)9/h4,6,8-10H,5,7H2,1-3H3/q+1/t8-,9+,10-/m0/s1. The minimum atomic E-state index is -2.78. The van der Waals surface area contributed by atoms with Crippen molar-refractivity contribution in [3.05, 3.63) is 12.2 Å². The number of hydrogen-bond acceptors (Lipinski definition) is 2. The van der Waals surface area contributed by atoms with Crippen LogP contribution in [0.5, 0.6) is 0 Å². The van der Waals surface area contributed by atoms with Gasteiger partial charge in [-0.25, -0.2) is 8.42 Å². The van der Waals surface area contributed by atoms with Gasteiger partial charge in [-0.15, -0.1) is 0 Å². The highest BCUT2D eigenvalue weighted by molar-refractivity contribution is 7.93. The molecule has 14 heavy (non-hydrogen) atoms. The lowest BCUT2D eigenvalue weighted by atomic mass is 9.89. The average Bonchev–Trinajstić information content (AvgIpc) is 2.00. The first-order valence-electron chi connectivity index (χ1n) is 5.02. The normalized spacial score (nSPS) is 40.1. The predicted octanol–water partition coefficient (Wildman–Crippen LogP) is 0.434. The van der Waals surface area contributed by atoms with Crippen LogP contribution < -0.4 is 0 Å². The van der Waals surface area contributed by atoms with Gasteiger partial charge >= 0.3 is 0 Å². The molecule has 3 nitrogen and oxygen atoms in total. The molecule has 1 heterocycles. The van der Waals surface area contributed by atoms with E-state index in [1.165, 1.54) is 0 Å². The molecule has 0 radical (unpaired) electrons. The highest BCUT2D eigenvalue weighted by atomic mass is 32.2. The molecule has 0 aromatic carbocycles. The molecule has 0 aromatic heterocycles. The van der Waals surface area contributed by atoms with Crippen molar-refractivity contribution in [3.8, 4) is 0 Å². The lowest BCUT2D eigenvalue weighted by Crippen LogP contribution is -2.63. The molecule has 1 aliphatic heterocycles. The fourth-order valence-electron chi connectivity index (χ4n) is 2.57. The van der Waals surface area contributed by atoms with Gasteiger partial charge in [0.2, 0.25) is 0 Å². The number of likely N-dealkylation sites (N-methyl/N-ethyl adjacent to an activating group) is 1. The first-order chi connectivity index (χ1) is 6.32. The van der Waals surface area contributed by atoms with Crippen molar-refractivity contribution in [2.45, 2.75) is 17.7 Å². The van der Waals surface area contributed by atoms with Crippen LogP contribution in [-0.2, 0) is 9.84 Å². The van der Waals surface area contributed by atoms with E-state index < -0.39 is 9.84 Å². The molecule has 2 aliphatic rings. The van der Waals surface area contributed by atoms with Crippen LogP contribution >= 0.6 is 0 Å². The maximum atomic E-state index is 11.7. The summed E-state index contributed by atoms with van der Waals surface area (Å²) in [4.78, 5) is 0. The zero-order chi connectivity index (χ0) is 10.6. The fourth-order valence-corrected chi connectivity index (χ4v) is 5.05. The van der Waals surface area contributed by atoms with Crippen LogP contribution in [0.15, 0.2) is 12.2 Å². The van der Waals surface area contributed by atoms with E-state index in [1.807, 2.05) is 0 Å². The lowest BCUT2D eigenvalue weighted by molar-refractivity contribution is -0.889. The summed E-state index contributed by atoms with van der Waals surface area (Å²) in [7, 11) is 3.40. The van der Waals surface area contributed by atoms with Crippen LogP contribution in [0.1, 0.15) is 6.42 Å². The molecule has 2 rings (SSSR count). The molecular formula is C10H18NO2S+. The Kier molecular flexibility index (Phi) is 2.05. The Labute approximate surface area is 85.9 Å². The second-order valence-electron chi connectivity index (χ2n) is 5.32. The van der Waals surface area contributed by atoms with E-state index in [9.17, 15) is 8.42 Å². The Hall–Kier alpha value is -0.350. The number of nitrogens with zero attached hydrogens (tertiary/aromatic N) is 1. The summed E-state index contributed by atoms with van der Waals surface area (Å²) in [6.45, 7) is 0. The maximum Gasteiger partial charge on any atom is 0.159 e. The van der Waals surface area contributed by atoms with E-state index in [0.717, 1.165) is 6.42 Å². The number of fused-ring (bicyclic) bond motifs is 1. The van der Waals surface area contributed by atoms with Crippen molar-refractivity contribution < 1.29 is 12.9 Å². The van der Waals surface area contributed by atoms with Gasteiger partial charge in [0.1, 0.15) is 11.3 Å². The predicted molar refractivity (Wildman–Crippen MR) is 56.6 cm³/mol. The Morgan fingerprint density at radius 1 is 1.29 bits per heavy atom. The number of quaternary nitrogens is 1. The molecule has 0 bridgehead atoms. The zero-order valence-corrected chi connectivity index (χ0v) is 9.79. The molecular weight excluding hydrogens is 198 g/mol. The summed E-state index contributed by atoms with van der Waals surface area (Å²) in [5, 5.41) is -0.118. The minimum absolute atomic E-state index is 0.118. The largest absolute Gasteiger partial charge is 0.324 e. The van der Waals surface area contributed by atoms with E-state index in [4.69, 9.17) is 0 Å². The van der Waals surface area contributed by atoms with Gasteiger partial charge in [0.05, 0.1) is 26.9 Å². The third kappa shape index (κ3) is 1.41. The summed E-state index contributed by atoms with van der Waals surface area (Å²) in [6.07, 6.45) is 5.17. The van der Waals surface area contributed by atoms with Gasteiger partial charge in [0, 0.05) is 0 Å². The molecule has 1 fully saturated rings. The maximum absolute atomic E-state index is 11.7. The van der Waals surface area contributed by atoms with E-state index in [1.54, 1.807) is 0 Å². The first-order valence-corrected chi connectivity index (χ1v) is 6.73. The first kappa shape index (κ1) is 10.2. The lowest BCUT2D eigenvalue weighted by Gasteiger charge is -2.47. The summed E-state index contributed by atoms with van der Waals surface area (Å²) in [6, 6.07) is 0.146. The van der Waals surface area contributed by atoms with E-state index in [0.29, 0.717) is 16.2 Å². The molecule has 1 aliphatic carbocycles. The van der Waals surface area contributed by atoms with Crippen molar-refractivity contribution in [3.63, 3.8) is 0 Å². The highest BCUT2D eigenvalue weighted by Crippen LogP contribution is 2.39. The Morgan fingerprint density at radius 2 is 1.93 bits per heavy atom. The number of allylic oxidation sites excluding steroid dienone is 1. The molecule has 0 N–H and O–H groups in total. The Morgan fingerprint density at radius 3 is 2.36 bits per heavy atom. The van der Waals surface area contributed by atoms with Gasteiger partial charge in [-0.2, -0.15) is 0 Å².